The molecular weight excluding hydrogens is 373 g/mol. The van der Waals surface area contributed by atoms with Gasteiger partial charge in [0.1, 0.15) is 5.83 Å². The van der Waals surface area contributed by atoms with E-state index in [0.717, 1.165) is 43.4 Å². The quantitative estimate of drug-likeness (QED) is 0.443. The second-order valence-electron chi connectivity index (χ2n) is 8.93. The summed E-state index contributed by atoms with van der Waals surface area (Å²) in [6, 6.07) is 2.58. The van der Waals surface area contributed by atoms with Crippen LogP contribution in [0.4, 0.5) is 13.2 Å². The first-order valence-electron chi connectivity index (χ1n) is 11.5. The first-order chi connectivity index (χ1) is 14.0. The molecule has 2 saturated carbocycles. The molecule has 0 amide bonds. The summed E-state index contributed by atoms with van der Waals surface area (Å²) >= 11 is 0. The monoisotopic (exact) mass is 408 g/mol. The van der Waals surface area contributed by atoms with E-state index in [1.807, 2.05) is 0 Å². The molecule has 0 bridgehead atoms. The predicted molar refractivity (Wildman–Crippen MR) is 112 cm³/mol. The second kappa shape index (κ2) is 10.5. The van der Waals surface area contributed by atoms with Crippen molar-refractivity contribution in [1.82, 2.24) is 0 Å². The van der Waals surface area contributed by atoms with Gasteiger partial charge in [-0.05, 0) is 87.3 Å². The van der Waals surface area contributed by atoms with Crippen LogP contribution in [0.3, 0.4) is 0 Å². The normalized spacial score (nSPS) is 28.4. The summed E-state index contributed by atoms with van der Waals surface area (Å²) < 4.78 is 48.0. The first kappa shape index (κ1) is 22.2. The van der Waals surface area contributed by atoms with Crippen molar-refractivity contribution in [1.29, 1.82) is 0 Å². The minimum absolute atomic E-state index is 0.108. The molecule has 1 aromatic rings. The second-order valence-corrected chi connectivity index (χ2v) is 8.93. The van der Waals surface area contributed by atoms with Gasteiger partial charge in [0.2, 0.25) is 5.82 Å². The maximum atomic E-state index is 14.7. The molecule has 0 radical (unpaired) electrons. The smallest absolute Gasteiger partial charge is 0.201 e. The summed E-state index contributed by atoms with van der Waals surface area (Å²) in [6.45, 7) is 4.20. The van der Waals surface area contributed by atoms with Crippen LogP contribution in [0.5, 0.6) is 5.75 Å². The first-order valence-corrected chi connectivity index (χ1v) is 11.5. The Morgan fingerprint density at radius 3 is 2.14 bits per heavy atom. The van der Waals surface area contributed by atoms with Crippen LogP contribution < -0.4 is 4.74 Å². The third kappa shape index (κ3) is 5.58. The number of hydrogen-bond acceptors (Lipinski definition) is 1. The van der Waals surface area contributed by atoms with Gasteiger partial charge in [-0.15, -0.1) is 0 Å². The van der Waals surface area contributed by atoms with E-state index < -0.39 is 17.5 Å². The molecule has 0 aliphatic heterocycles. The van der Waals surface area contributed by atoms with Gasteiger partial charge >= 0.3 is 0 Å². The molecular formula is C25H35F3O. The molecule has 1 nitrogen and oxygen atoms in total. The van der Waals surface area contributed by atoms with E-state index in [4.69, 9.17) is 4.74 Å². The van der Waals surface area contributed by atoms with Crippen molar-refractivity contribution < 1.29 is 17.9 Å². The lowest BCUT2D eigenvalue weighted by atomic mass is 9.68. The van der Waals surface area contributed by atoms with Crippen molar-refractivity contribution in [2.75, 3.05) is 6.61 Å². The molecule has 0 saturated heterocycles. The number of ether oxygens (including phenoxy) is 1. The van der Waals surface area contributed by atoms with Gasteiger partial charge in [0.05, 0.1) is 6.61 Å². The van der Waals surface area contributed by atoms with E-state index in [1.165, 1.54) is 56.7 Å². The summed E-state index contributed by atoms with van der Waals surface area (Å²) in [5, 5.41) is 0. The van der Waals surface area contributed by atoms with Crippen LogP contribution in [-0.4, -0.2) is 6.61 Å². The van der Waals surface area contributed by atoms with Crippen LogP contribution in [0.1, 0.15) is 83.6 Å². The highest BCUT2D eigenvalue weighted by molar-refractivity contribution is 5.61. The van der Waals surface area contributed by atoms with Gasteiger partial charge in [-0.25, -0.2) is 8.78 Å². The number of rotatable bonds is 7. The van der Waals surface area contributed by atoms with Crippen LogP contribution in [0.15, 0.2) is 18.2 Å². The molecule has 0 heterocycles. The molecule has 0 aromatic heterocycles. The largest absolute Gasteiger partial charge is 0.491 e. The van der Waals surface area contributed by atoms with Crippen molar-refractivity contribution in [3.63, 3.8) is 0 Å². The Bertz CT molecular complexity index is 684. The highest BCUT2D eigenvalue weighted by atomic mass is 19.2. The van der Waals surface area contributed by atoms with Gasteiger partial charge in [0.15, 0.2) is 11.6 Å². The zero-order valence-corrected chi connectivity index (χ0v) is 17.9. The SMILES string of the molecule is CCCC1CCC([C@H]2CC[C@H](C=C(F)c3ccc(OCC)c(F)c3F)CC2)CC1. The third-order valence-electron chi connectivity index (χ3n) is 7.06. The fraction of sp³-hybridized carbons (Fsp3) is 0.680. The highest BCUT2D eigenvalue weighted by Gasteiger charge is 2.30. The number of halogens is 3. The molecule has 162 valence electrons. The molecule has 4 heteroatoms. The van der Waals surface area contributed by atoms with Crippen LogP contribution in [0.2, 0.25) is 0 Å². The number of benzene rings is 1. The van der Waals surface area contributed by atoms with Crippen molar-refractivity contribution >= 4 is 5.83 Å². The zero-order valence-electron chi connectivity index (χ0n) is 17.9. The minimum Gasteiger partial charge on any atom is -0.491 e. The molecule has 1 aromatic carbocycles. The van der Waals surface area contributed by atoms with Crippen LogP contribution in [-0.2, 0) is 0 Å². The third-order valence-corrected chi connectivity index (χ3v) is 7.06. The van der Waals surface area contributed by atoms with Gasteiger partial charge in [-0.2, -0.15) is 4.39 Å². The Balaban J connectivity index is 1.55. The number of allylic oxidation sites excluding steroid dienone is 1. The molecule has 0 atom stereocenters. The van der Waals surface area contributed by atoms with E-state index in [-0.39, 0.29) is 23.8 Å². The van der Waals surface area contributed by atoms with Crippen LogP contribution >= 0.6 is 0 Å². The summed E-state index contributed by atoms with van der Waals surface area (Å²) in [4.78, 5) is 0. The summed E-state index contributed by atoms with van der Waals surface area (Å²) in [5.74, 6) is -0.493. The van der Waals surface area contributed by atoms with Crippen molar-refractivity contribution in [2.45, 2.75) is 78.1 Å². The van der Waals surface area contributed by atoms with E-state index in [1.54, 1.807) is 6.92 Å². The Morgan fingerprint density at radius 1 is 0.931 bits per heavy atom. The molecule has 2 aliphatic rings. The topological polar surface area (TPSA) is 9.23 Å². The molecule has 0 unspecified atom stereocenters. The van der Waals surface area contributed by atoms with Gasteiger partial charge in [-0.3, -0.25) is 0 Å². The zero-order chi connectivity index (χ0) is 20.8. The molecule has 2 fully saturated rings. The van der Waals surface area contributed by atoms with E-state index in [0.29, 0.717) is 0 Å². The Hall–Kier alpha value is -1.45. The lowest BCUT2D eigenvalue weighted by Crippen LogP contribution is -2.25. The average molecular weight is 409 g/mol. The summed E-state index contributed by atoms with van der Waals surface area (Å²) in [6.07, 6.45) is 13.7. The van der Waals surface area contributed by atoms with E-state index >= 15 is 0 Å². The summed E-state index contributed by atoms with van der Waals surface area (Å²) in [7, 11) is 0. The van der Waals surface area contributed by atoms with Crippen molar-refractivity contribution in [2.24, 2.45) is 23.7 Å². The Morgan fingerprint density at radius 2 is 1.55 bits per heavy atom. The van der Waals surface area contributed by atoms with Crippen LogP contribution in [0, 0.1) is 35.3 Å². The maximum Gasteiger partial charge on any atom is 0.201 e. The van der Waals surface area contributed by atoms with Gasteiger partial charge in [0.25, 0.3) is 0 Å². The molecule has 3 rings (SSSR count). The molecule has 0 spiro atoms. The standard InChI is InChI=1S/C25H35F3O/c1-3-5-17-6-10-19(11-7-17)20-12-8-18(9-13-20)16-22(26)21-14-15-23(29-4-2)25(28)24(21)27/h14-20H,3-13H2,1-2H3/t17?,18-,19?,20-. The van der Waals surface area contributed by atoms with Gasteiger partial charge < -0.3 is 4.74 Å². The lowest BCUT2D eigenvalue weighted by Gasteiger charge is -2.37. The molecule has 29 heavy (non-hydrogen) atoms. The average Bonchev–Trinajstić information content (AvgIpc) is 2.73. The minimum atomic E-state index is -1.16. The summed E-state index contributed by atoms with van der Waals surface area (Å²) in [5.41, 5.74) is -0.303. The van der Waals surface area contributed by atoms with Gasteiger partial charge in [0, 0.05) is 5.56 Å². The van der Waals surface area contributed by atoms with Crippen molar-refractivity contribution in [3.8, 4) is 5.75 Å². The molecule has 0 N–H and O–H groups in total. The number of hydrogen-bond donors (Lipinski definition) is 0. The highest BCUT2D eigenvalue weighted by Crippen LogP contribution is 2.43. The van der Waals surface area contributed by atoms with E-state index in [2.05, 4.69) is 6.92 Å². The Labute approximate surface area is 173 Å². The van der Waals surface area contributed by atoms with Gasteiger partial charge in [-0.1, -0.05) is 32.6 Å². The molecule has 2 aliphatic carbocycles. The predicted octanol–water partition coefficient (Wildman–Crippen LogP) is 8.09. The van der Waals surface area contributed by atoms with Crippen molar-refractivity contribution in [3.05, 3.63) is 35.4 Å². The van der Waals surface area contributed by atoms with E-state index in [9.17, 15) is 13.2 Å². The van der Waals surface area contributed by atoms with Crippen LogP contribution in [0.25, 0.3) is 5.83 Å². The maximum absolute atomic E-state index is 14.7. The lowest BCUT2D eigenvalue weighted by molar-refractivity contribution is 0.152. The Kier molecular flexibility index (Phi) is 8.08. The fourth-order valence-electron chi connectivity index (χ4n) is 5.42. The fourth-order valence-corrected chi connectivity index (χ4v) is 5.42.